The molecule has 1 nitrogen and oxygen atoms in total. The third kappa shape index (κ3) is 8.39. The maximum absolute atomic E-state index is 9.55. The van der Waals surface area contributed by atoms with E-state index in [1.165, 1.54) is 0 Å². The van der Waals surface area contributed by atoms with E-state index in [1.54, 1.807) is 0 Å². The summed E-state index contributed by atoms with van der Waals surface area (Å²) in [5, 5.41) is 0.435. The topological polar surface area (TPSA) is 20.2 Å². The Morgan fingerprint density at radius 3 is 1.56 bits per heavy atom. The van der Waals surface area contributed by atoms with Gasteiger partial charge in [0.25, 0.3) is 0 Å². The molecule has 9 heavy (non-hydrogen) atoms. The molecule has 0 radical (unpaired) electrons. The summed E-state index contributed by atoms with van der Waals surface area (Å²) < 4.78 is 0. The lowest BCUT2D eigenvalue weighted by Crippen LogP contribution is -2.39. The third-order valence-electron chi connectivity index (χ3n) is 0.963. The van der Waals surface area contributed by atoms with Crippen LogP contribution < -0.4 is 0 Å². The van der Waals surface area contributed by atoms with Gasteiger partial charge in [-0.05, 0) is 18.1 Å². The van der Waals surface area contributed by atoms with Crippen molar-refractivity contribution in [3.8, 4) is 0 Å². The number of rotatable bonds is 1. The molecule has 0 aliphatic heterocycles. The van der Waals surface area contributed by atoms with Gasteiger partial charge in [-0.25, -0.2) is 0 Å². The van der Waals surface area contributed by atoms with Crippen LogP contribution in [0.3, 0.4) is 0 Å². The fourth-order valence-electron chi connectivity index (χ4n) is 1.30. The normalized spacial score (nSPS) is 15.3. The molecule has 0 spiro atoms. The van der Waals surface area contributed by atoms with Crippen molar-refractivity contribution < 1.29 is 4.80 Å². The maximum atomic E-state index is 9.55. The average molecular weight is 162 g/mol. The van der Waals surface area contributed by atoms with Gasteiger partial charge in [0.2, 0.25) is 0 Å². The summed E-state index contributed by atoms with van der Waals surface area (Å²) in [5.74, 6) is 0. The molecule has 0 aromatic carbocycles. The summed E-state index contributed by atoms with van der Waals surface area (Å²) in [5.41, 5.74) is 0. The zero-order valence-electron chi connectivity index (χ0n) is 7.15. The first-order valence-corrected chi connectivity index (χ1v) is 9.41. The van der Waals surface area contributed by atoms with Crippen LogP contribution in [0.2, 0.25) is 18.1 Å². The van der Waals surface area contributed by atoms with Gasteiger partial charge in [-0.1, -0.05) is 20.8 Å². The van der Waals surface area contributed by atoms with Crippen LogP contribution in [0.15, 0.2) is 0 Å². The Morgan fingerprint density at radius 1 is 1.22 bits per heavy atom. The van der Waals surface area contributed by atoms with Crippen LogP contribution in [-0.2, 0) is 0 Å². The van der Waals surface area contributed by atoms with Crippen LogP contribution in [0.25, 0.3) is 0 Å². The molecule has 3 heteroatoms. The highest BCUT2D eigenvalue weighted by molar-refractivity contribution is 7.20. The Kier molecular flexibility index (Phi) is 2.67. The summed E-state index contributed by atoms with van der Waals surface area (Å²) in [6.07, 6.45) is 0. The SMILES string of the molecule is CC(C)(C)[SiH2][Si](C)(C)O. The highest BCUT2D eigenvalue weighted by atomic mass is 29.2. The molecule has 0 heterocycles. The van der Waals surface area contributed by atoms with E-state index >= 15 is 0 Å². The molecule has 56 valence electrons. The minimum absolute atomic E-state index is 0.218. The molecule has 0 aromatic rings. The van der Waals surface area contributed by atoms with Gasteiger partial charge in [-0.15, -0.1) is 0 Å². The summed E-state index contributed by atoms with van der Waals surface area (Å²) >= 11 is 0. The van der Waals surface area contributed by atoms with Gasteiger partial charge in [0.05, 0.1) is 9.04 Å². The zero-order valence-corrected chi connectivity index (χ0v) is 9.57. The molecular formula is C6H18OSi2. The molecular weight excluding hydrogens is 144 g/mol. The predicted molar refractivity (Wildman–Crippen MR) is 48.0 cm³/mol. The number of hydrogen-bond donors (Lipinski definition) is 1. The van der Waals surface area contributed by atoms with Gasteiger partial charge in [0.1, 0.15) is 0 Å². The van der Waals surface area contributed by atoms with Crippen molar-refractivity contribution in [2.45, 2.75) is 38.9 Å². The quantitative estimate of drug-likeness (QED) is 0.572. The van der Waals surface area contributed by atoms with E-state index in [0.717, 1.165) is 0 Å². The lowest BCUT2D eigenvalue weighted by molar-refractivity contribution is 0.571. The lowest BCUT2D eigenvalue weighted by atomic mass is 10.3. The molecule has 0 atom stereocenters. The molecule has 0 saturated carbocycles. The van der Waals surface area contributed by atoms with Crippen LogP contribution in [0.4, 0.5) is 0 Å². The van der Waals surface area contributed by atoms with Gasteiger partial charge in [-0.3, -0.25) is 0 Å². The van der Waals surface area contributed by atoms with Gasteiger partial charge >= 0.3 is 0 Å². The summed E-state index contributed by atoms with van der Waals surface area (Å²) in [6.45, 7) is 10.8. The lowest BCUT2D eigenvalue weighted by Gasteiger charge is -2.24. The van der Waals surface area contributed by atoms with Gasteiger partial charge in [-0.2, -0.15) is 0 Å². The van der Waals surface area contributed by atoms with E-state index in [2.05, 4.69) is 20.8 Å². The molecule has 0 aliphatic rings. The maximum Gasteiger partial charge on any atom is 0.163 e. The van der Waals surface area contributed by atoms with E-state index in [0.29, 0.717) is 5.04 Å². The van der Waals surface area contributed by atoms with Crippen molar-refractivity contribution in [3.05, 3.63) is 0 Å². The first kappa shape index (κ1) is 9.39. The second kappa shape index (κ2) is 2.56. The largest absolute Gasteiger partial charge is 0.436 e. The number of hydrogen-bond acceptors (Lipinski definition) is 1. The Labute approximate surface area is 61.2 Å². The monoisotopic (exact) mass is 162 g/mol. The molecule has 0 saturated heterocycles. The van der Waals surface area contributed by atoms with Crippen molar-refractivity contribution in [1.82, 2.24) is 0 Å². The Hall–Kier alpha value is 0.394. The first-order chi connectivity index (χ1) is 3.71. The standard InChI is InChI=1S/C6H18OSi2/c1-6(2,3)8-9(4,5)7/h7H,8H2,1-5H3. The fraction of sp³-hybridized carbons (Fsp3) is 1.00. The van der Waals surface area contributed by atoms with Crippen LogP contribution in [0.5, 0.6) is 0 Å². The molecule has 0 bridgehead atoms. The van der Waals surface area contributed by atoms with Crippen molar-refractivity contribution in [1.29, 1.82) is 0 Å². The summed E-state index contributed by atoms with van der Waals surface area (Å²) in [6, 6.07) is 0. The van der Waals surface area contributed by atoms with Crippen molar-refractivity contribution in [2.75, 3.05) is 0 Å². The minimum atomic E-state index is -1.65. The van der Waals surface area contributed by atoms with Gasteiger partial charge in [0, 0.05) is 0 Å². The second-order valence-electron chi connectivity index (χ2n) is 4.55. The fourth-order valence-corrected chi connectivity index (χ4v) is 11.7. The molecule has 1 N–H and O–H groups in total. The molecule has 0 rings (SSSR count). The molecule has 0 aromatic heterocycles. The van der Waals surface area contributed by atoms with E-state index in [4.69, 9.17) is 0 Å². The van der Waals surface area contributed by atoms with E-state index < -0.39 is 7.83 Å². The van der Waals surface area contributed by atoms with Crippen LogP contribution in [0.1, 0.15) is 20.8 Å². The van der Waals surface area contributed by atoms with Gasteiger partial charge < -0.3 is 4.80 Å². The second-order valence-corrected chi connectivity index (χ2v) is 16.9. The molecule has 0 unspecified atom stereocenters. The highest BCUT2D eigenvalue weighted by Crippen LogP contribution is 2.23. The molecule has 0 aliphatic carbocycles. The highest BCUT2D eigenvalue weighted by Gasteiger charge is 2.25. The Morgan fingerprint density at radius 2 is 1.56 bits per heavy atom. The van der Waals surface area contributed by atoms with E-state index in [-0.39, 0.29) is 9.04 Å². The zero-order chi connectivity index (χ0) is 7.71. The van der Waals surface area contributed by atoms with Crippen LogP contribution in [-0.4, -0.2) is 21.7 Å². The smallest absolute Gasteiger partial charge is 0.163 e. The molecule has 0 fully saturated rings. The summed E-state index contributed by atoms with van der Waals surface area (Å²) in [4.78, 5) is 9.55. The Bertz CT molecular complexity index is 76.2. The van der Waals surface area contributed by atoms with Crippen LogP contribution >= 0.6 is 0 Å². The van der Waals surface area contributed by atoms with Crippen molar-refractivity contribution in [2.24, 2.45) is 0 Å². The van der Waals surface area contributed by atoms with E-state index in [9.17, 15) is 4.80 Å². The molecule has 0 amide bonds. The predicted octanol–water partition coefficient (Wildman–Crippen LogP) is 1.07. The van der Waals surface area contributed by atoms with Gasteiger partial charge in [0.15, 0.2) is 7.83 Å². The van der Waals surface area contributed by atoms with Crippen molar-refractivity contribution in [3.63, 3.8) is 0 Å². The minimum Gasteiger partial charge on any atom is -0.436 e. The summed E-state index contributed by atoms with van der Waals surface area (Å²) in [7, 11) is -1.87. The van der Waals surface area contributed by atoms with Crippen molar-refractivity contribution >= 4 is 16.9 Å². The third-order valence-corrected chi connectivity index (χ3v) is 8.67. The van der Waals surface area contributed by atoms with E-state index in [1.807, 2.05) is 13.1 Å². The van der Waals surface area contributed by atoms with Crippen LogP contribution in [0, 0.1) is 0 Å². The first-order valence-electron chi connectivity index (χ1n) is 3.43. The Balaban J connectivity index is 3.75. The average Bonchev–Trinajstić information content (AvgIpc) is 1.14.